The molecule has 2 heterocycles. The van der Waals surface area contributed by atoms with Crippen LogP contribution in [0.2, 0.25) is 5.02 Å². The Morgan fingerprint density at radius 1 is 1.03 bits per heavy atom. The van der Waals surface area contributed by atoms with Gasteiger partial charge in [-0.25, -0.2) is 9.38 Å². The van der Waals surface area contributed by atoms with Gasteiger partial charge in [-0.2, -0.15) is 0 Å². The van der Waals surface area contributed by atoms with Gasteiger partial charge in [0.2, 0.25) is 0 Å². The third kappa shape index (κ3) is 4.76. The highest BCUT2D eigenvalue weighted by molar-refractivity contribution is 7.15. The molecule has 8 heteroatoms. The van der Waals surface area contributed by atoms with Gasteiger partial charge in [0.1, 0.15) is 5.75 Å². The van der Waals surface area contributed by atoms with Gasteiger partial charge in [0.05, 0.1) is 40.9 Å². The molecule has 0 atom stereocenters. The highest BCUT2D eigenvalue weighted by atomic mass is 35.5. The zero-order valence-corrected chi connectivity index (χ0v) is 21.8. The molecule has 0 amide bonds. The molecule has 0 N–H and O–H groups in total. The van der Waals surface area contributed by atoms with E-state index < -0.39 is 0 Å². The van der Waals surface area contributed by atoms with E-state index in [1.165, 1.54) is 11.3 Å². The fourth-order valence-corrected chi connectivity index (χ4v) is 5.27. The Labute approximate surface area is 217 Å². The number of aromatic nitrogens is 2. The van der Waals surface area contributed by atoms with Crippen LogP contribution in [0.5, 0.6) is 17.2 Å². The van der Waals surface area contributed by atoms with Crippen LogP contribution in [0.25, 0.3) is 22.1 Å². The van der Waals surface area contributed by atoms with E-state index in [2.05, 4.69) is 17.1 Å². The molecule has 5 aromatic rings. The number of fused-ring (bicyclic) bond motifs is 3. The van der Waals surface area contributed by atoms with Crippen molar-refractivity contribution in [1.29, 1.82) is 0 Å². The summed E-state index contributed by atoms with van der Waals surface area (Å²) in [6.07, 6.45) is 2.48. The lowest BCUT2D eigenvalue weighted by Gasteiger charge is -2.14. The van der Waals surface area contributed by atoms with Gasteiger partial charge in [-0.05, 0) is 66.9 Å². The van der Waals surface area contributed by atoms with E-state index in [9.17, 15) is 4.79 Å². The predicted octanol–water partition coefficient (Wildman–Crippen LogP) is 5.58. The summed E-state index contributed by atoms with van der Waals surface area (Å²) in [4.78, 5) is 18.3. The SMILES string of the molecule is COc1cc(/C=c2\sc3nc4ccccc4n3c2=O)cc(Cl)c1OCCCOc1cc(C)ccc1C. The van der Waals surface area contributed by atoms with Gasteiger partial charge in [0.25, 0.3) is 5.56 Å². The number of thiazole rings is 1. The molecule has 0 fully saturated rings. The van der Waals surface area contributed by atoms with Crippen LogP contribution >= 0.6 is 22.9 Å². The van der Waals surface area contributed by atoms with Crippen molar-refractivity contribution < 1.29 is 14.2 Å². The minimum atomic E-state index is -0.108. The molecule has 0 aliphatic carbocycles. The smallest absolute Gasteiger partial charge is 0.274 e. The summed E-state index contributed by atoms with van der Waals surface area (Å²) in [7, 11) is 1.57. The van der Waals surface area contributed by atoms with Crippen molar-refractivity contribution in [3.8, 4) is 17.2 Å². The van der Waals surface area contributed by atoms with Gasteiger partial charge >= 0.3 is 0 Å². The van der Waals surface area contributed by atoms with Gasteiger partial charge in [-0.1, -0.05) is 47.2 Å². The van der Waals surface area contributed by atoms with Crippen LogP contribution in [0.3, 0.4) is 0 Å². The summed E-state index contributed by atoms with van der Waals surface area (Å²) >= 11 is 7.90. The first-order valence-corrected chi connectivity index (χ1v) is 12.8. The van der Waals surface area contributed by atoms with Crippen LogP contribution in [0.15, 0.2) is 59.4 Å². The molecule has 0 unspecified atom stereocenters. The Kier molecular flexibility index (Phi) is 6.85. The first kappa shape index (κ1) is 24.2. The average molecular weight is 521 g/mol. The van der Waals surface area contributed by atoms with E-state index in [0.29, 0.717) is 45.6 Å². The molecule has 0 aliphatic rings. The monoisotopic (exact) mass is 520 g/mol. The summed E-state index contributed by atoms with van der Waals surface area (Å²) < 4.78 is 19.6. The Morgan fingerprint density at radius 3 is 2.67 bits per heavy atom. The second kappa shape index (κ2) is 10.2. The summed E-state index contributed by atoms with van der Waals surface area (Å²) in [5.41, 5.74) is 4.50. The lowest BCUT2D eigenvalue weighted by molar-refractivity contribution is 0.240. The summed E-state index contributed by atoms with van der Waals surface area (Å²) in [5, 5.41) is 0.412. The summed E-state index contributed by atoms with van der Waals surface area (Å²) in [6.45, 7) is 5.02. The fraction of sp³-hybridized carbons (Fsp3) is 0.214. The van der Waals surface area contributed by atoms with E-state index in [0.717, 1.165) is 33.5 Å². The number of rotatable bonds is 8. The minimum absolute atomic E-state index is 0.108. The maximum Gasteiger partial charge on any atom is 0.274 e. The maximum atomic E-state index is 13.1. The number of hydrogen-bond acceptors (Lipinski definition) is 6. The van der Waals surface area contributed by atoms with E-state index >= 15 is 0 Å². The molecule has 6 nitrogen and oxygen atoms in total. The highest BCUT2D eigenvalue weighted by Crippen LogP contribution is 2.36. The molecule has 0 saturated carbocycles. The molecule has 0 aliphatic heterocycles. The maximum absolute atomic E-state index is 13.1. The van der Waals surface area contributed by atoms with E-state index in [1.807, 2.05) is 50.2 Å². The number of benzene rings is 3. The average Bonchev–Trinajstić information content (AvgIpc) is 3.37. The molecule has 36 heavy (non-hydrogen) atoms. The number of ether oxygens (including phenoxy) is 3. The second-order valence-corrected chi connectivity index (χ2v) is 9.90. The molecule has 184 valence electrons. The molecule has 3 aromatic carbocycles. The number of hydrogen-bond donors (Lipinski definition) is 0. The molecule has 2 aromatic heterocycles. The molecule has 5 rings (SSSR count). The predicted molar refractivity (Wildman–Crippen MR) is 145 cm³/mol. The third-order valence-corrected chi connectivity index (χ3v) is 7.08. The van der Waals surface area contributed by atoms with Crippen molar-refractivity contribution in [1.82, 2.24) is 9.38 Å². The van der Waals surface area contributed by atoms with Crippen molar-refractivity contribution in [2.75, 3.05) is 20.3 Å². The van der Waals surface area contributed by atoms with Crippen molar-refractivity contribution in [2.45, 2.75) is 20.3 Å². The van der Waals surface area contributed by atoms with Crippen LogP contribution in [-0.4, -0.2) is 29.7 Å². The number of nitrogens with zero attached hydrogens (tertiary/aromatic N) is 2. The number of aryl methyl sites for hydroxylation is 2. The highest BCUT2D eigenvalue weighted by Gasteiger charge is 2.14. The fourth-order valence-electron chi connectivity index (χ4n) is 4.00. The molecule has 0 spiro atoms. The van der Waals surface area contributed by atoms with Crippen molar-refractivity contribution in [2.24, 2.45) is 0 Å². The Bertz CT molecular complexity index is 1680. The molecule has 0 saturated heterocycles. The van der Waals surface area contributed by atoms with Gasteiger partial charge < -0.3 is 14.2 Å². The largest absolute Gasteiger partial charge is 0.493 e. The lowest BCUT2D eigenvalue weighted by atomic mass is 10.1. The molecular formula is C28H25ClN2O4S. The number of methoxy groups -OCH3 is 1. The molecular weight excluding hydrogens is 496 g/mol. The Morgan fingerprint density at radius 2 is 1.83 bits per heavy atom. The summed E-state index contributed by atoms with van der Waals surface area (Å²) in [5.74, 6) is 1.86. The van der Waals surface area contributed by atoms with Gasteiger partial charge in [-0.15, -0.1) is 0 Å². The van der Waals surface area contributed by atoms with Crippen LogP contribution < -0.4 is 24.3 Å². The zero-order valence-electron chi connectivity index (χ0n) is 20.2. The minimum Gasteiger partial charge on any atom is -0.493 e. The quantitative estimate of drug-likeness (QED) is 0.250. The third-order valence-electron chi connectivity index (χ3n) is 5.83. The normalized spacial score (nSPS) is 11.9. The summed E-state index contributed by atoms with van der Waals surface area (Å²) in [6, 6.07) is 17.3. The van der Waals surface area contributed by atoms with E-state index in [1.54, 1.807) is 23.7 Å². The van der Waals surface area contributed by atoms with Crippen LogP contribution in [0.1, 0.15) is 23.1 Å². The second-order valence-electron chi connectivity index (χ2n) is 8.49. The van der Waals surface area contributed by atoms with Crippen molar-refractivity contribution >= 4 is 45.0 Å². The Balaban J connectivity index is 1.32. The van der Waals surface area contributed by atoms with Gasteiger partial charge in [0.15, 0.2) is 16.5 Å². The molecule has 0 bridgehead atoms. The Hall–Kier alpha value is -3.55. The van der Waals surface area contributed by atoms with Crippen LogP contribution in [0, 0.1) is 13.8 Å². The van der Waals surface area contributed by atoms with Crippen molar-refractivity contribution in [3.63, 3.8) is 0 Å². The number of halogens is 1. The van der Waals surface area contributed by atoms with Crippen molar-refractivity contribution in [3.05, 3.63) is 91.2 Å². The van der Waals surface area contributed by atoms with E-state index in [-0.39, 0.29) is 5.56 Å². The standard InChI is InChI=1S/C28H25ClN2O4S/c1-17-9-10-18(2)23(13-17)34-11-6-12-35-26-20(29)14-19(15-24(26)33-3)16-25-27(32)31-22-8-5-4-7-21(22)30-28(31)36-25/h4-5,7-10,13-16H,6,11-12H2,1-3H3/b25-16-. The first-order chi connectivity index (χ1) is 17.4. The van der Waals surface area contributed by atoms with Crippen LogP contribution in [0.4, 0.5) is 0 Å². The topological polar surface area (TPSA) is 62.1 Å². The molecule has 0 radical (unpaired) electrons. The first-order valence-electron chi connectivity index (χ1n) is 11.6. The number of para-hydroxylation sites is 2. The lowest BCUT2D eigenvalue weighted by Crippen LogP contribution is -2.22. The van der Waals surface area contributed by atoms with E-state index in [4.69, 9.17) is 25.8 Å². The van der Waals surface area contributed by atoms with Crippen LogP contribution in [-0.2, 0) is 0 Å². The number of imidazole rings is 1. The van der Waals surface area contributed by atoms with Gasteiger partial charge in [0, 0.05) is 6.42 Å². The zero-order chi connectivity index (χ0) is 25.2. The van der Waals surface area contributed by atoms with Gasteiger partial charge in [-0.3, -0.25) is 4.79 Å².